The molecule has 0 saturated heterocycles. The van der Waals surface area contributed by atoms with Crippen LogP contribution in [0.15, 0.2) is 47.4 Å². The number of nitro groups is 1. The Balaban J connectivity index is 2.43. The molecule has 0 aliphatic rings. The fourth-order valence-electron chi connectivity index (χ4n) is 1.67. The zero-order valence-electron chi connectivity index (χ0n) is 10.9. The van der Waals surface area contributed by atoms with Crippen LogP contribution in [-0.4, -0.2) is 13.3 Å². The van der Waals surface area contributed by atoms with Gasteiger partial charge in [0.15, 0.2) is 0 Å². The first kappa shape index (κ1) is 15.3. The van der Waals surface area contributed by atoms with Gasteiger partial charge in [-0.3, -0.25) is 14.8 Å². The number of nitrogens with zero attached hydrogens (tertiary/aromatic N) is 1. The summed E-state index contributed by atoms with van der Waals surface area (Å²) in [4.78, 5) is 10.3. The van der Waals surface area contributed by atoms with Crippen molar-refractivity contribution in [2.75, 3.05) is 4.72 Å². The van der Waals surface area contributed by atoms with Crippen LogP contribution in [0.5, 0.6) is 0 Å². The van der Waals surface area contributed by atoms with Crippen molar-refractivity contribution in [2.24, 2.45) is 0 Å². The second-order valence-electron chi connectivity index (χ2n) is 4.34. The van der Waals surface area contributed by atoms with Gasteiger partial charge in [-0.2, -0.15) is 0 Å². The highest BCUT2D eigenvalue weighted by Crippen LogP contribution is 2.29. The zero-order chi connectivity index (χ0) is 15.6. The average molecular weight is 327 g/mol. The minimum atomic E-state index is -3.92. The molecule has 21 heavy (non-hydrogen) atoms. The molecule has 2 aromatic carbocycles. The third-order valence-corrected chi connectivity index (χ3v) is 4.35. The first-order valence-corrected chi connectivity index (χ1v) is 7.69. The van der Waals surface area contributed by atoms with E-state index in [-0.39, 0.29) is 21.3 Å². The molecule has 0 heterocycles. The van der Waals surface area contributed by atoms with Crippen molar-refractivity contribution in [1.29, 1.82) is 0 Å². The summed E-state index contributed by atoms with van der Waals surface area (Å²) in [7, 11) is -3.92. The molecule has 0 atom stereocenters. The van der Waals surface area contributed by atoms with Gasteiger partial charge in [-0.25, -0.2) is 8.42 Å². The van der Waals surface area contributed by atoms with Crippen molar-refractivity contribution in [3.05, 3.63) is 63.2 Å². The van der Waals surface area contributed by atoms with Crippen LogP contribution in [0.4, 0.5) is 11.4 Å². The fourth-order valence-corrected chi connectivity index (χ4v) is 2.91. The van der Waals surface area contributed by atoms with E-state index in [0.717, 1.165) is 11.6 Å². The monoisotopic (exact) mass is 326 g/mol. The van der Waals surface area contributed by atoms with Crippen molar-refractivity contribution in [2.45, 2.75) is 11.8 Å². The molecule has 1 N–H and O–H groups in total. The lowest BCUT2D eigenvalue weighted by atomic mass is 10.2. The van der Waals surface area contributed by atoms with Gasteiger partial charge in [-0.05, 0) is 31.2 Å². The number of benzene rings is 2. The highest BCUT2D eigenvalue weighted by Gasteiger charge is 2.21. The quantitative estimate of drug-likeness (QED) is 0.689. The standard InChI is InChI=1S/C13H11ClN2O4S/c1-9-2-5-11(6-3-9)21(19,20)15-12-8-10(14)4-7-13(12)16(17)18/h2-8,15H,1H3. The van der Waals surface area contributed by atoms with Crippen LogP contribution in [0.25, 0.3) is 0 Å². The molecule has 0 bridgehead atoms. The van der Waals surface area contributed by atoms with E-state index in [1.54, 1.807) is 12.1 Å². The van der Waals surface area contributed by atoms with Crippen LogP contribution in [0.1, 0.15) is 5.56 Å². The third-order valence-electron chi connectivity index (χ3n) is 2.73. The Labute approximate surface area is 126 Å². The summed E-state index contributed by atoms with van der Waals surface area (Å²) >= 11 is 5.76. The second kappa shape index (κ2) is 5.71. The van der Waals surface area contributed by atoms with Crippen LogP contribution in [0, 0.1) is 17.0 Å². The molecule has 8 heteroatoms. The van der Waals surface area contributed by atoms with Crippen molar-refractivity contribution < 1.29 is 13.3 Å². The lowest BCUT2D eigenvalue weighted by Gasteiger charge is -2.09. The van der Waals surface area contributed by atoms with Gasteiger partial charge in [0.05, 0.1) is 9.82 Å². The van der Waals surface area contributed by atoms with Crippen LogP contribution in [0.2, 0.25) is 5.02 Å². The molecule has 0 unspecified atom stereocenters. The third kappa shape index (κ3) is 3.50. The van der Waals surface area contributed by atoms with Crippen molar-refractivity contribution in [3.63, 3.8) is 0 Å². The first-order valence-electron chi connectivity index (χ1n) is 5.83. The molecule has 110 valence electrons. The number of nitro benzene ring substituents is 1. The van der Waals surface area contributed by atoms with E-state index in [1.807, 2.05) is 6.92 Å². The van der Waals surface area contributed by atoms with Gasteiger partial charge in [0.25, 0.3) is 15.7 Å². The average Bonchev–Trinajstić information content (AvgIpc) is 2.38. The second-order valence-corrected chi connectivity index (χ2v) is 6.46. The predicted octanol–water partition coefficient (Wildman–Crippen LogP) is 3.36. The van der Waals surface area contributed by atoms with Crippen LogP contribution < -0.4 is 4.72 Å². The Morgan fingerprint density at radius 2 is 1.76 bits per heavy atom. The van der Waals surface area contributed by atoms with Crippen molar-refractivity contribution in [1.82, 2.24) is 0 Å². The number of nitrogens with one attached hydrogen (secondary N) is 1. The Morgan fingerprint density at radius 3 is 2.33 bits per heavy atom. The van der Waals surface area contributed by atoms with Gasteiger partial charge in [0, 0.05) is 11.1 Å². The van der Waals surface area contributed by atoms with Crippen LogP contribution >= 0.6 is 11.6 Å². The molecule has 0 saturated carbocycles. The Bertz CT molecular complexity index is 788. The topological polar surface area (TPSA) is 89.3 Å². The van der Waals surface area contributed by atoms with E-state index in [0.29, 0.717) is 0 Å². The summed E-state index contributed by atoms with van der Waals surface area (Å²) in [6, 6.07) is 9.80. The molecule has 0 aliphatic carbocycles. The molecular weight excluding hydrogens is 316 g/mol. The van der Waals surface area contributed by atoms with E-state index >= 15 is 0 Å². The van der Waals surface area contributed by atoms with Gasteiger partial charge in [0.2, 0.25) is 0 Å². The Morgan fingerprint density at radius 1 is 1.14 bits per heavy atom. The van der Waals surface area contributed by atoms with E-state index in [4.69, 9.17) is 11.6 Å². The molecule has 6 nitrogen and oxygen atoms in total. The largest absolute Gasteiger partial charge is 0.293 e. The van der Waals surface area contributed by atoms with E-state index in [2.05, 4.69) is 4.72 Å². The molecule has 0 aliphatic heterocycles. The number of rotatable bonds is 4. The van der Waals surface area contributed by atoms with Crippen LogP contribution in [0.3, 0.4) is 0 Å². The maximum absolute atomic E-state index is 12.2. The van der Waals surface area contributed by atoms with Gasteiger partial charge in [-0.15, -0.1) is 0 Å². The minimum Gasteiger partial charge on any atom is -0.273 e. The molecule has 0 amide bonds. The van der Waals surface area contributed by atoms with E-state index in [9.17, 15) is 18.5 Å². The molecular formula is C13H11ClN2O4S. The highest BCUT2D eigenvalue weighted by atomic mass is 35.5. The first-order chi connectivity index (χ1) is 9.79. The zero-order valence-corrected chi connectivity index (χ0v) is 12.5. The number of hydrogen-bond donors (Lipinski definition) is 1. The number of anilines is 1. The number of aryl methyl sites for hydroxylation is 1. The normalized spacial score (nSPS) is 11.1. The van der Waals surface area contributed by atoms with Gasteiger partial charge in [0.1, 0.15) is 5.69 Å². The van der Waals surface area contributed by atoms with Gasteiger partial charge >= 0.3 is 0 Å². The van der Waals surface area contributed by atoms with E-state index < -0.39 is 14.9 Å². The van der Waals surface area contributed by atoms with Gasteiger partial charge < -0.3 is 0 Å². The van der Waals surface area contributed by atoms with Crippen molar-refractivity contribution in [3.8, 4) is 0 Å². The SMILES string of the molecule is Cc1ccc(S(=O)(=O)Nc2cc(Cl)ccc2[N+](=O)[O-])cc1. The predicted molar refractivity (Wildman–Crippen MR) is 80.1 cm³/mol. The smallest absolute Gasteiger partial charge is 0.273 e. The van der Waals surface area contributed by atoms with E-state index in [1.165, 1.54) is 24.3 Å². The summed E-state index contributed by atoms with van der Waals surface area (Å²) in [5.41, 5.74) is 0.367. The summed E-state index contributed by atoms with van der Waals surface area (Å²) in [5, 5.41) is 11.1. The fraction of sp³-hybridized carbons (Fsp3) is 0.0769. The molecule has 2 rings (SSSR count). The maximum atomic E-state index is 12.2. The van der Waals surface area contributed by atoms with Crippen molar-refractivity contribution >= 4 is 33.0 Å². The lowest BCUT2D eigenvalue weighted by molar-refractivity contribution is -0.383. The summed E-state index contributed by atoms with van der Waals surface area (Å²) in [6.07, 6.45) is 0. The van der Waals surface area contributed by atoms with Gasteiger partial charge in [-0.1, -0.05) is 29.3 Å². The maximum Gasteiger partial charge on any atom is 0.293 e. The summed E-state index contributed by atoms with van der Waals surface area (Å²) in [5.74, 6) is 0. The lowest BCUT2D eigenvalue weighted by Crippen LogP contribution is -2.14. The number of sulfonamides is 1. The Kier molecular flexibility index (Phi) is 4.15. The molecule has 0 radical (unpaired) electrons. The van der Waals surface area contributed by atoms with Crippen LogP contribution in [-0.2, 0) is 10.0 Å². The highest BCUT2D eigenvalue weighted by molar-refractivity contribution is 7.92. The molecule has 0 spiro atoms. The molecule has 0 aromatic heterocycles. The number of hydrogen-bond acceptors (Lipinski definition) is 4. The molecule has 0 fully saturated rings. The Hall–Kier alpha value is -2.12. The molecule has 2 aromatic rings. The minimum absolute atomic E-state index is 0.0161. The summed E-state index contributed by atoms with van der Waals surface area (Å²) in [6.45, 7) is 1.83. The summed E-state index contributed by atoms with van der Waals surface area (Å²) < 4.78 is 26.6. The number of halogens is 1.